The summed E-state index contributed by atoms with van der Waals surface area (Å²) in [6, 6.07) is 24.6. The van der Waals surface area contributed by atoms with Gasteiger partial charge < -0.3 is 9.55 Å². The summed E-state index contributed by atoms with van der Waals surface area (Å²) >= 11 is 7.13. The van der Waals surface area contributed by atoms with Gasteiger partial charge in [-0.2, -0.15) is 0 Å². The number of imidazole rings is 1. The molecule has 0 unspecified atom stereocenters. The average Bonchev–Trinajstić information content (AvgIpc) is 3.26. The van der Waals surface area contributed by atoms with E-state index in [1.165, 1.54) is 12.8 Å². The second-order valence-electron chi connectivity index (χ2n) is 8.94. The third kappa shape index (κ3) is 4.97. The Morgan fingerprint density at radius 1 is 0.833 bits per heavy atom. The van der Waals surface area contributed by atoms with Gasteiger partial charge in [-0.3, -0.25) is 4.79 Å². The van der Waals surface area contributed by atoms with Crippen molar-refractivity contribution >= 4 is 42.6 Å². The molecule has 1 N–H and O–H groups in total. The van der Waals surface area contributed by atoms with E-state index in [4.69, 9.17) is 4.98 Å². The summed E-state index contributed by atoms with van der Waals surface area (Å²) in [5, 5.41) is 1.90. The SMILES string of the molecule is CCCCCCn1c(-c2c(=O)[nH]cc3ccccc23)nc(-c2ccc(Br)cc2)c1-c1ccc(Br)cc1. The van der Waals surface area contributed by atoms with E-state index >= 15 is 0 Å². The van der Waals surface area contributed by atoms with Crippen LogP contribution in [0.15, 0.2) is 92.7 Å². The van der Waals surface area contributed by atoms with Crippen LogP contribution in [-0.4, -0.2) is 14.5 Å². The largest absolute Gasteiger partial charge is 0.328 e. The van der Waals surface area contributed by atoms with E-state index in [0.29, 0.717) is 11.4 Å². The molecule has 2 heterocycles. The minimum atomic E-state index is -0.127. The molecular formula is C30H27Br2N3O. The molecule has 0 amide bonds. The van der Waals surface area contributed by atoms with E-state index in [0.717, 1.165) is 61.6 Å². The first-order chi connectivity index (χ1) is 17.6. The van der Waals surface area contributed by atoms with Crippen LogP contribution in [0, 0.1) is 0 Å². The van der Waals surface area contributed by atoms with Gasteiger partial charge in [0, 0.05) is 32.8 Å². The summed E-state index contributed by atoms with van der Waals surface area (Å²) in [6.07, 6.45) is 6.28. The lowest BCUT2D eigenvalue weighted by molar-refractivity contribution is 0.588. The molecule has 6 heteroatoms. The molecule has 0 spiro atoms. The summed E-state index contributed by atoms with van der Waals surface area (Å²) in [5.74, 6) is 0.709. The smallest absolute Gasteiger partial charge is 0.259 e. The summed E-state index contributed by atoms with van der Waals surface area (Å²) in [7, 11) is 0. The standard InChI is InChI=1S/C30H27Br2N3O/c1-2-3-4-7-18-35-28(21-12-16-24(32)17-13-21)27(20-10-14-23(31)15-11-20)34-29(35)26-25-9-6-5-8-22(25)19-33-30(26)36/h5-6,8-17,19H,2-4,7,18H2,1H3,(H,33,36). The molecule has 0 atom stereocenters. The first kappa shape index (κ1) is 24.7. The number of H-pyrrole nitrogens is 1. The second kappa shape index (κ2) is 11.0. The highest BCUT2D eigenvalue weighted by molar-refractivity contribution is 9.10. The molecule has 5 aromatic rings. The van der Waals surface area contributed by atoms with Crippen LogP contribution in [0.5, 0.6) is 0 Å². The van der Waals surface area contributed by atoms with Gasteiger partial charge in [-0.15, -0.1) is 0 Å². The zero-order valence-electron chi connectivity index (χ0n) is 20.1. The summed E-state index contributed by atoms with van der Waals surface area (Å²) in [6.45, 7) is 3.00. The first-order valence-electron chi connectivity index (χ1n) is 12.3. The van der Waals surface area contributed by atoms with Gasteiger partial charge in [0.05, 0.1) is 17.0 Å². The van der Waals surface area contributed by atoms with Gasteiger partial charge in [0.1, 0.15) is 5.82 Å². The fraction of sp³-hybridized carbons (Fsp3) is 0.200. The van der Waals surface area contributed by atoms with E-state index in [1.54, 1.807) is 6.20 Å². The van der Waals surface area contributed by atoms with E-state index in [-0.39, 0.29) is 5.56 Å². The maximum atomic E-state index is 13.3. The van der Waals surface area contributed by atoms with Crippen molar-refractivity contribution in [1.29, 1.82) is 0 Å². The Bertz CT molecular complexity index is 1550. The van der Waals surface area contributed by atoms with Crippen LogP contribution in [0.3, 0.4) is 0 Å². The number of rotatable bonds is 8. The van der Waals surface area contributed by atoms with Crippen molar-refractivity contribution in [2.45, 2.75) is 39.2 Å². The molecule has 0 fully saturated rings. The zero-order valence-corrected chi connectivity index (χ0v) is 23.3. The third-order valence-electron chi connectivity index (χ3n) is 6.48. The Labute approximate surface area is 227 Å². The fourth-order valence-corrected chi connectivity index (χ4v) is 5.21. The molecule has 0 aliphatic rings. The number of pyridine rings is 1. The number of aromatic amines is 1. The molecule has 0 aliphatic carbocycles. The molecule has 0 aliphatic heterocycles. The van der Waals surface area contributed by atoms with Gasteiger partial charge in [-0.25, -0.2) is 4.98 Å². The molecule has 2 aromatic heterocycles. The number of nitrogens with one attached hydrogen (secondary N) is 1. The minimum Gasteiger partial charge on any atom is -0.328 e. The number of unbranched alkanes of at least 4 members (excludes halogenated alkanes) is 3. The van der Waals surface area contributed by atoms with Gasteiger partial charge in [0.25, 0.3) is 5.56 Å². The lowest BCUT2D eigenvalue weighted by Crippen LogP contribution is -2.13. The normalized spacial score (nSPS) is 11.3. The third-order valence-corrected chi connectivity index (χ3v) is 7.54. The molecule has 0 bridgehead atoms. The predicted octanol–water partition coefficient (Wildman–Crippen LogP) is 8.83. The molecule has 4 nitrogen and oxygen atoms in total. The van der Waals surface area contributed by atoms with Gasteiger partial charge in [-0.05, 0) is 41.5 Å². The topological polar surface area (TPSA) is 50.7 Å². The Balaban J connectivity index is 1.81. The van der Waals surface area contributed by atoms with E-state index in [2.05, 4.69) is 84.7 Å². The van der Waals surface area contributed by atoms with Crippen LogP contribution in [0.1, 0.15) is 32.6 Å². The van der Waals surface area contributed by atoms with Crippen LogP contribution >= 0.6 is 31.9 Å². The van der Waals surface area contributed by atoms with Gasteiger partial charge in [0.2, 0.25) is 0 Å². The number of hydrogen-bond donors (Lipinski definition) is 1. The highest BCUT2D eigenvalue weighted by atomic mass is 79.9. The summed E-state index contributed by atoms with van der Waals surface area (Å²) < 4.78 is 4.30. The number of hydrogen-bond acceptors (Lipinski definition) is 2. The zero-order chi connectivity index (χ0) is 25.1. The second-order valence-corrected chi connectivity index (χ2v) is 10.8. The number of fused-ring (bicyclic) bond motifs is 1. The van der Waals surface area contributed by atoms with Crippen molar-refractivity contribution in [3.05, 3.63) is 98.3 Å². The van der Waals surface area contributed by atoms with Crippen molar-refractivity contribution in [3.8, 4) is 33.9 Å². The Morgan fingerprint density at radius 3 is 2.19 bits per heavy atom. The molecule has 0 radical (unpaired) electrons. The van der Waals surface area contributed by atoms with Gasteiger partial charge in [0.15, 0.2) is 0 Å². The maximum Gasteiger partial charge on any atom is 0.259 e. The molecule has 3 aromatic carbocycles. The highest BCUT2D eigenvalue weighted by Gasteiger charge is 2.24. The van der Waals surface area contributed by atoms with E-state index in [9.17, 15) is 4.79 Å². The minimum absolute atomic E-state index is 0.127. The Hall–Kier alpha value is -2.96. The summed E-state index contributed by atoms with van der Waals surface area (Å²) in [5.41, 5.74) is 4.48. The average molecular weight is 605 g/mol. The van der Waals surface area contributed by atoms with Crippen LogP contribution in [-0.2, 0) is 6.54 Å². The van der Waals surface area contributed by atoms with Crippen LogP contribution in [0.2, 0.25) is 0 Å². The Morgan fingerprint density at radius 2 is 1.50 bits per heavy atom. The molecular weight excluding hydrogens is 578 g/mol. The Kier molecular flexibility index (Phi) is 7.54. The monoisotopic (exact) mass is 603 g/mol. The van der Waals surface area contributed by atoms with Crippen LogP contribution < -0.4 is 5.56 Å². The van der Waals surface area contributed by atoms with Crippen molar-refractivity contribution < 1.29 is 0 Å². The van der Waals surface area contributed by atoms with Crippen molar-refractivity contribution in [2.24, 2.45) is 0 Å². The number of halogens is 2. The van der Waals surface area contributed by atoms with Crippen LogP contribution in [0.25, 0.3) is 44.7 Å². The van der Waals surface area contributed by atoms with Crippen LogP contribution in [0.4, 0.5) is 0 Å². The molecule has 0 saturated carbocycles. The number of aromatic nitrogens is 3. The fourth-order valence-electron chi connectivity index (χ4n) is 4.68. The number of nitrogens with zero attached hydrogens (tertiary/aromatic N) is 2. The lowest BCUT2D eigenvalue weighted by atomic mass is 10.0. The van der Waals surface area contributed by atoms with Crippen molar-refractivity contribution in [2.75, 3.05) is 0 Å². The molecule has 0 saturated heterocycles. The van der Waals surface area contributed by atoms with E-state index < -0.39 is 0 Å². The van der Waals surface area contributed by atoms with E-state index in [1.807, 2.05) is 36.4 Å². The van der Waals surface area contributed by atoms with Crippen molar-refractivity contribution in [3.63, 3.8) is 0 Å². The first-order valence-corrected chi connectivity index (χ1v) is 13.9. The van der Waals surface area contributed by atoms with Gasteiger partial charge in [-0.1, -0.05) is 107 Å². The lowest BCUT2D eigenvalue weighted by Gasteiger charge is -2.14. The van der Waals surface area contributed by atoms with Gasteiger partial charge >= 0.3 is 0 Å². The molecule has 182 valence electrons. The highest BCUT2D eigenvalue weighted by Crippen LogP contribution is 2.38. The summed E-state index contributed by atoms with van der Waals surface area (Å²) in [4.78, 5) is 21.5. The predicted molar refractivity (Wildman–Crippen MR) is 156 cm³/mol. The number of benzene rings is 3. The molecule has 5 rings (SSSR count). The maximum absolute atomic E-state index is 13.3. The van der Waals surface area contributed by atoms with Crippen molar-refractivity contribution in [1.82, 2.24) is 14.5 Å². The molecule has 36 heavy (non-hydrogen) atoms. The quantitative estimate of drug-likeness (QED) is 0.180.